The maximum atomic E-state index is 12.0. The molecule has 1 aliphatic rings. The van der Waals surface area contributed by atoms with Crippen molar-refractivity contribution in [1.82, 2.24) is 5.32 Å². The van der Waals surface area contributed by atoms with Gasteiger partial charge in [-0.05, 0) is 61.6 Å². The molecule has 0 bridgehead atoms. The molecular formula is C21H24N2O3. The highest BCUT2D eigenvalue weighted by Crippen LogP contribution is 2.28. The van der Waals surface area contributed by atoms with Gasteiger partial charge in [0.2, 0.25) is 5.91 Å². The standard InChI is InChI=1S/C21H24N2O3/c1-15-3-2-4-18(13-15)23-20(24)14-26-19-9-5-16(6-10-19)11-12-22-21(25)17-7-8-17/h2-6,9-10,13,17H,7-8,11-12,14H2,1H3,(H,22,25)(H,23,24). The highest BCUT2D eigenvalue weighted by Gasteiger charge is 2.28. The van der Waals surface area contributed by atoms with E-state index in [1.165, 1.54) is 0 Å². The fraction of sp³-hybridized carbons (Fsp3) is 0.333. The molecule has 5 nitrogen and oxygen atoms in total. The first-order chi connectivity index (χ1) is 12.6. The van der Waals surface area contributed by atoms with Gasteiger partial charge in [-0.2, -0.15) is 0 Å². The summed E-state index contributed by atoms with van der Waals surface area (Å²) in [4.78, 5) is 23.5. The zero-order valence-corrected chi connectivity index (χ0v) is 15.0. The highest BCUT2D eigenvalue weighted by molar-refractivity contribution is 5.91. The molecule has 2 N–H and O–H groups in total. The maximum absolute atomic E-state index is 12.0. The topological polar surface area (TPSA) is 67.4 Å². The van der Waals surface area contributed by atoms with E-state index in [9.17, 15) is 9.59 Å². The van der Waals surface area contributed by atoms with E-state index in [1.807, 2.05) is 55.5 Å². The molecule has 26 heavy (non-hydrogen) atoms. The normalized spacial score (nSPS) is 13.1. The number of hydrogen-bond acceptors (Lipinski definition) is 3. The highest BCUT2D eigenvalue weighted by atomic mass is 16.5. The number of anilines is 1. The Morgan fingerprint density at radius 2 is 1.88 bits per heavy atom. The van der Waals surface area contributed by atoms with E-state index < -0.39 is 0 Å². The summed E-state index contributed by atoms with van der Waals surface area (Å²) in [6, 6.07) is 15.2. The molecule has 2 aromatic carbocycles. The molecule has 0 atom stereocenters. The Morgan fingerprint density at radius 3 is 2.58 bits per heavy atom. The van der Waals surface area contributed by atoms with Crippen LogP contribution in [0.2, 0.25) is 0 Å². The zero-order valence-electron chi connectivity index (χ0n) is 15.0. The number of ether oxygens (including phenoxy) is 1. The number of benzene rings is 2. The third-order valence-corrected chi connectivity index (χ3v) is 4.26. The SMILES string of the molecule is Cc1cccc(NC(=O)COc2ccc(CCNC(=O)C3CC3)cc2)c1. The van der Waals surface area contributed by atoms with Gasteiger partial charge in [-0.25, -0.2) is 0 Å². The van der Waals surface area contributed by atoms with E-state index in [2.05, 4.69) is 10.6 Å². The van der Waals surface area contributed by atoms with Gasteiger partial charge in [-0.3, -0.25) is 9.59 Å². The molecule has 2 amide bonds. The third-order valence-electron chi connectivity index (χ3n) is 4.26. The van der Waals surface area contributed by atoms with Gasteiger partial charge in [-0.1, -0.05) is 24.3 Å². The Kier molecular flexibility index (Phi) is 5.89. The Balaban J connectivity index is 1.39. The van der Waals surface area contributed by atoms with Gasteiger partial charge < -0.3 is 15.4 Å². The number of carbonyl (C=O) groups is 2. The number of rotatable bonds is 8. The number of nitrogens with one attached hydrogen (secondary N) is 2. The first kappa shape index (κ1) is 18.0. The van der Waals surface area contributed by atoms with Gasteiger partial charge in [0.15, 0.2) is 6.61 Å². The maximum Gasteiger partial charge on any atom is 0.262 e. The largest absolute Gasteiger partial charge is 0.484 e. The van der Waals surface area contributed by atoms with Crippen LogP contribution < -0.4 is 15.4 Å². The molecule has 2 aromatic rings. The third kappa shape index (κ3) is 5.62. The number of hydrogen-bond donors (Lipinski definition) is 2. The Hall–Kier alpha value is -2.82. The number of amides is 2. The van der Waals surface area contributed by atoms with Crippen molar-refractivity contribution in [2.24, 2.45) is 5.92 Å². The molecule has 0 spiro atoms. The van der Waals surface area contributed by atoms with Crippen LogP contribution in [0.15, 0.2) is 48.5 Å². The van der Waals surface area contributed by atoms with E-state index in [-0.39, 0.29) is 24.3 Å². The fourth-order valence-electron chi connectivity index (χ4n) is 2.64. The second kappa shape index (κ2) is 8.52. The van der Waals surface area contributed by atoms with Crippen molar-refractivity contribution in [3.05, 3.63) is 59.7 Å². The predicted octanol–water partition coefficient (Wildman–Crippen LogP) is 3.08. The van der Waals surface area contributed by atoms with E-state index in [1.54, 1.807) is 0 Å². The van der Waals surface area contributed by atoms with Crippen LogP contribution in [0, 0.1) is 12.8 Å². The lowest BCUT2D eigenvalue weighted by Gasteiger charge is -2.09. The van der Waals surface area contributed by atoms with Gasteiger partial charge >= 0.3 is 0 Å². The minimum Gasteiger partial charge on any atom is -0.484 e. The van der Waals surface area contributed by atoms with E-state index >= 15 is 0 Å². The molecule has 0 aliphatic heterocycles. The molecule has 136 valence electrons. The van der Waals surface area contributed by atoms with Crippen molar-refractivity contribution in [3.8, 4) is 5.75 Å². The Morgan fingerprint density at radius 1 is 1.12 bits per heavy atom. The van der Waals surface area contributed by atoms with Crippen molar-refractivity contribution in [1.29, 1.82) is 0 Å². The van der Waals surface area contributed by atoms with Crippen molar-refractivity contribution in [2.45, 2.75) is 26.2 Å². The average Bonchev–Trinajstić information content (AvgIpc) is 3.46. The van der Waals surface area contributed by atoms with E-state index in [0.717, 1.165) is 36.1 Å². The molecule has 0 aromatic heterocycles. The van der Waals surface area contributed by atoms with Gasteiger partial charge in [0, 0.05) is 18.2 Å². The van der Waals surface area contributed by atoms with E-state index in [4.69, 9.17) is 4.74 Å². The first-order valence-electron chi connectivity index (χ1n) is 8.96. The molecule has 0 heterocycles. The monoisotopic (exact) mass is 352 g/mol. The van der Waals surface area contributed by atoms with Crippen molar-refractivity contribution in [2.75, 3.05) is 18.5 Å². The van der Waals surface area contributed by atoms with Gasteiger partial charge in [-0.15, -0.1) is 0 Å². The van der Waals surface area contributed by atoms with Gasteiger partial charge in [0.1, 0.15) is 5.75 Å². The van der Waals surface area contributed by atoms with Crippen LogP contribution in [-0.2, 0) is 16.0 Å². The summed E-state index contributed by atoms with van der Waals surface area (Å²) < 4.78 is 5.53. The molecule has 0 saturated heterocycles. The molecule has 0 radical (unpaired) electrons. The van der Waals surface area contributed by atoms with E-state index in [0.29, 0.717) is 12.3 Å². The molecular weight excluding hydrogens is 328 g/mol. The van der Waals surface area contributed by atoms with Crippen LogP contribution in [0.25, 0.3) is 0 Å². The second-order valence-electron chi connectivity index (χ2n) is 6.67. The molecule has 3 rings (SSSR count). The van der Waals surface area contributed by atoms with Crippen LogP contribution in [-0.4, -0.2) is 25.0 Å². The first-order valence-corrected chi connectivity index (χ1v) is 8.96. The lowest BCUT2D eigenvalue weighted by Crippen LogP contribution is -2.26. The Bertz CT molecular complexity index is 767. The lowest BCUT2D eigenvalue weighted by atomic mass is 10.1. The van der Waals surface area contributed by atoms with Crippen molar-refractivity contribution >= 4 is 17.5 Å². The molecule has 0 unspecified atom stereocenters. The molecule has 5 heteroatoms. The summed E-state index contributed by atoms with van der Waals surface area (Å²) in [6.45, 7) is 2.59. The van der Waals surface area contributed by atoms with Crippen LogP contribution in [0.5, 0.6) is 5.75 Å². The zero-order chi connectivity index (χ0) is 18.4. The minimum absolute atomic E-state index is 0.0370. The van der Waals surface area contributed by atoms with Crippen molar-refractivity contribution in [3.63, 3.8) is 0 Å². The fourth-order valence-corrected chi connectivity index (χ4v) is 2.64. The summed E-state index contributed by atoms with van der Waals surface area (Å²) in [7, 11) is 0. The Labute approximate surface area is 153 Å². The van der Waals surface area contributed by atoms with Crippen LogP contribution >= 0.6 is 0 Å². The lowest BCUT2D eigenvalue weighted by molar-refractivity contribution is -0.122. The number of aryl methyl sites for hydroxylation is 1. The summed E-state index contributed by atoms with van der Waals surface area (Å²) >= 11 is 0. The quantitative estimate of drug-likeness (QED) is 0.767. The average molecular weight is 352 g/mol. The summed E-state index contributed by atoms with van der Waals surface area (Å²) in [5, 5.41) is 5.76. The molecule has 1 aliphatic carbocycles. The van der Waals surface area contributed by atoms with Crippen LogP contribution in [0.3, 0.4) is 0 Å². The summed E-state index contributed by atoms with van der Waals surface area (Å²) in [5.74, 6) is 0.874. The van der Waals surface area contributed by atoms with Crippen LogP contribution in [0.4, 0.5) is 5.69 Å². The minimum atomic E-state index is -0.192. The molecule has 1 saturated carbocycles. The van der Waals surface area contributed by atoms with Crippen LogP contribution in [0.1, 0.15) is 24.0 Å². The molecule has 1 fully saturated rings. The predicted molar refractivity (Wildman–Crippen MR) is 101 cm³/mol. The van der Waals surface area contributed by atoms with Gasteiger partial charge in [0.25, 0.3) is 5.91 Å². The van der Waals surface area contributed by atoms with Crippen molar-refractivity contribution < 1.29 is 14.3 Å². The summed E-state index contributed by atoms with van der Waals surface area (Å²) in [5.41, 5.74) is 2.98. The van der Waals surface area contributed by atoms with Gasteiger partial charge in [0.05, 0.1) is 0 Å². The smallest absolute Gasteiger partial charge is 0.262 e. The summed E-state index contributed by atoms with van der Waals surface area (Å²) in [6.07, 6.45) is 2.83. The number of carbonyl (C=O) groups excluding carboxylic acids is 2. The second-order valence-corrected chi connectivity index (χ2v) is 6.67.